The molecular weight excluding hydrogens is 298 g/mol. The van der Waals surface area contributed by atoms with Gasteiger partial charge in [-0.3, -0.25) is 0 Å². The largest absolute Gasteiger partial charge is 0.496 e. The van der Waals surface area contributed by atoms with Crippen LogP contribution in [0, 0.1) is 0 Å². The Bertz CT molecular complexity index is 650. The van der Waals surface area contributed by atoms with E-state index < -0.39 is 0 Å². The maximum absolute atomic E-state index is 5.70. The van der Waals surface area contributed by atoms with E-state index in [-0.39, 0.29) is 12.0 Å². The zero-order chi connectivity index (χ0) is 16.1. The summed E-state index contributed by atoms with van der Waals surface area (Å²) in [4.78, 5) is 12.5. The smallest absolute Gasteiger partial charge is 0.228 e. The molecule has 2 rings (SSSR count). The molecule has 7 heteroatoms. The highest BCUT2D eigenvalue weighted by Crippen LogP contribution is 2.25. The average Bonchev–Trinajstić information content (AvgIpc) is 2.53. The third-order valence-corrected chi connectivity index (χ3v) is 3.89. The van der Waals surface area contributed by atoms with E-state index in [1.165, 1.54) is 17.3 Å². The number of aromatic nitrogens is 3. The molecule has 0 amide bonds. The predicted molar refractivity (Wildman–Crippen MR) is 90.4 cm³/mol. The van der Waals surface area contributed by atoms with Crippen LogP contribution >= 0.6 is 11.8 Å². The van der Waals surface area contributed by atoms with Crippen LogP contribution in [0.15, 0.2) is 23.4 Å². The van der Waals surface area contributed by atoms with Gasteiger partial charge in [-0.15, -0.1) is 0 Å². The van der Waals surface area contributed by atoms with Gasteiger partial charge < -0.3 is 15.8 Å². The molecule has 0 bridgehead atoms. The lowest BCUT2D eigenvalue weighted by Gasteiger charge is -2.17. The molecule has 6 nitrogen and oxygen atoms in total. The highest BCUT2D eigenvalue weighted by molar-refractivity contribution is 7.98. The number of nitrogens with one attached hydrogen (secondary N) is 1. The van der Waals surface area contributed by atoms with E-state index >= 15 is 0 Å². The quantitative estimate of drug-likeness (QED) is 0.792. The van der Waals surface area contributed by atoms with Crippen LogP contribution in [-0.2, 0) is 6.42 Å². The number of nitrogens with zero attached hydrogens (tertiary/aromatic N) is 3. The Morgan fingerprint density at radius 1 is 1.32 bits per heavy atom. The SMILES string of the molecule is CCc1cc(C(C)Nc2nc(N)nc(SC)n2)ccc1OC. The molecule has 0 radical (unpaired) electrons. The molecule has 3 N–H and O–H groups in total. The van der Waals surface area contributed by atoms with Crippen molar-refractivity contribution in [1.82, 2.24) is 15.0 Å². The molecule has 0 fully saturated rings. The van der Waals surface area contributed by atoms with Crippen LogP contribution in [0.2, 0.25) is 0 Å². The van der Waals surface area contributed by atoms with Crippen molar-refractivity contribution in [3.8, 4) is 5.75 Å². The van der Waals surface area contributed by atoms with Gasteiger partial charge in [-0.2, -0.15) is 15.0 Å². The molecule has 118 valence electrons. The summed E-state index contributed by atoms with van der Waals surface area (Å²) in [6.45, 7) is 4.16. The molecular formula is C15H21N5OS. The standard InChI is InChI=1S/C15H21N5OS/c1-5-10-8-11(6-7-12(10)21-3)9(2)17-14-18-13(16)19-15(20-14)22-4/h6-9H,5H2,1-4H3,(H3,16,17,18,19,20). The highest BCUT2D eigenvalue weighted by Gasteiger charge is 2.11. The number of aryl methyl sites for hydroxylation is 1. The molecule has 1 aromatic heterocycles. The van der Waals surface area contributed by atoms with Crippen LogP contribution in [0.25, 0.3) is 0 Å². The van der Waals surface area contributed by atoms with Crippen molar-refractivity contribution in [3.05, 3.63) is 29.3 Å². The van der Waals surface area contributed by atoms with E-state index in [0.717, 1.165) is 17.7 Å². The first-order valence-corrected chi connectivity index (χ1v) is 8.28. The second-order valence-corrected chi connectivity index (χ2v) is 5.57. The molecule has 2 aromatic rings. The van der Waals surface area contributed by atoms with Gasteiger partial charge in [0.05, 0.1) is 13.2 Å². The van der Waals surface area contributed by atoms with Crippen LogP contribution < -0.4 is 15.8 Å². The first-order chi connectivity index (χ1) is 10.6. The normalized spacial score (nSPS) is 12.0. The fourth-order valence-corrected chi connectivity index (χ4v) is 2.51. The van der Waals surface area contributed by atoms with Crippen molar-refractivity contribution in [3.63, 3.8) is 0 Å². The summed E-state index contributed by atoms with van der Waals surface area (Å²) in [5.41, 5.74) is 8.02. The second-order valence-electron chi connectivity index (χ2n) is 4.79. The van der Waals surface area contributed by atoms with Crippen LogP contribution in [0.1, 0.15) is 31.0 Å². The van der Waals surface area contributed by atoms with E-state index in [9.17, 15) is 0 Å². The summed E-state index contributed by atoms with van der Waals surface area (Å²) in [6, 6.07) is 6.21. The number of rotatable bonds is 6. The summed E-state index contributed by atoms with van der Waals surface area (Å²) >= 11 is 1.43. The van der Waals surface area contributed by atoms with Crippen molar-refractivity contribution in [2.24, 2.45) is 0 Å². The molecule has 1 unspecified atom stereocenters. The lowest BCUT2D eigenvalue weighted by Crippen LogP contribution is -2.12. The molecule has 0 aliphatic carbocycles. The minimum Gasteiger partial charge on any atom is -0.496 e. The van der Waals surface area contributed by atoms with Crippen LogP contribution in [0.5, 0.6) is 5.75 Å². The third kappa shape index (κ3) is 3.79. The Morgan fingerprint density at radius 2 is 2.09 bits per heavy atom. The number of nitrogen functional groups attached to an aromatic ring is 1. The van der Waals surface area contributed by atoms with Gasteiger partial charge in [-0.05, 0) is 36.8 Å². The monoisotopic (exact) mass is 319 g/mol. The van der Waals surface area contributed by atoms with Gasteiger partial charge in [0.25, 0.3) is 0 Å². The van der Waals surface area contributed by atoms with Crippen molar-refractivity contribution in [2.45, 2.75) is 31.5 Å². The summed E-state index contributed by atoms with van der Waals surface area (Å²) in [5, 5.41) is 3.87. The maximum Gasteiger partial charge on any atom is 0.228 e. The number of anilines is 2. The molecule has 0 aliphatic heterocycles. The van der Waals surface area contributed by atoms with Crippen LogP contribution in [-0.4, -0.2) is 28.3 Å². The van der Waals surface area contributed by atoms with E-state index in [0.29, 0.717) is 11.1 Å². The van der Waals surface area contributed by atoms with Crippen LogP contribution in [0.3, 0.4) is 0 Å². The van der Waals surface area contributed by atoms with Gasteiger partial charge in [-0.25, -0.2) is 0 Å². The van der Waals surface area contributed by atoms with Gasteiger partial charge in [0.15, 0.2) is 5.16 Å². The van der Waals surface area contributed by atoms with Gasteiger partial charge in [-0.1, -0.05) is 30.8 Å². The Balaban J connectivity index is 2.21. The van der Waals surface area contributed by atoms with E-state index in [1.807, 2.05) is 18.4 Å². The van der Waals surface area contributed by atoms with Crippen molar-refractivity contribution >= 4 is 23.7 Å². The fourth-order valence-electron chi connectivity index (χ4n) is 2.15. The number of methoxy groups -OCH3 is 1. The zero-order valence-electron chi connectivity index (χ0n) is 13.3. The summed E-state index contributed by atoms with van der Waals surface area (Å²) in [6.07, 6.45) is 2.82. The Hall–Kier alpha value is -2.02. The van der Waals surface area contributed by atoms with Crippen molar-refractivity contribution < 1.29 is 4.74 Å². The molecule has 0 saturated carbocycles. The highest BCUT2D eigenvalue weighted by atomic mass is 32.2. The molecule has 22 heavy (non-hydrogen) atoms. The van der Waals surface area contributed by atoms with E-state index in [2.05, 4.69) is 40.2 Å². The molecule has 0 saturated heterocycles. The van der Waals surface area contributed by atoms with E-state index in [4.69, 9.17) is 10.5 Å². The predicted octanol–water partition coefficient (Wildman–Crippen LogP) is 2.92. The lowest BCUT2D eigenvalue weighted by molar-refractivity contribution is 0.410. The minimum absolute atomic E-state index is 0.0488. The second kappa shape index (κ2) is 7.31. The topological polar surface area (TPSA) is 86.0 Å². The Morgan fingerprint density at radius 3 is 2.73 bits per heavy atom. The number of ether oxygens (including phenoxy) is 1. The van der Waals surface area contributed by atoms with Crippen LogP contribution in [0.4, 0.5) is 11.9 Å². The maximum atomic E-state index is 5.70. The minimum atomic E-state index is 0.0488. The molecule has 0 aliphatic rings. The summed E-state index contributed by atoms with van der Waals surface area (Å²) in [5.74, 6) is 1.61. The first-order valence-electron chi connectivity index (χ1n) is 7.06. The zero-order valence-corrected chi connectivity index (χ0v) is 14.1. The number of benzene rings is 1. The molecule has 1 heterocycles. The third-order valence-electron chi connectivity index (χ3n) is 3.35. The fraction of sp³-hybridized carbons (Fsp3) is 0.400. The summed E-state index contributed by atoms with van der Waals surface area (Å²) < 4.78 is 5.36. The van der Waals surface area contributed by atoms with Crippen molar-refractivity contribution in [2.75, 3.05) is 24.4 Å². The van der Waals surface area contributed by atoms with Gasteiger partial charge in [0.2, 0.25) is 11.9 Å². The Labute approximate surface area is 134 Å². The van der Waals surface area contributed by atoms with Gasteiger partial charge >= 0.3 is 0 Å². The lowest BCUT2D eigenvalue weighted by atomic mass is 10.0. The van der Waals surface area contributed by atoms with E-state index in [1.54, 1.807) is 7.11 Å². The van der Waals surface area contributed by atoms with Crippen molar-refractivity contribution in [1.29, 1.82) is 0 Å². The number of thioether (sulfide) groups is 1. The number of nitrogens with two attached hydrogens (primary N) is 1. The number of hydrogen-bond acceptors (Lipinski definition) is 7. The summed E-state index contributed by atoms with van der Waals surface area (Å²) in [7, 11) is 1.69. The average molecular weight is 319 g/mol. The Kier molecular flexibility index (Phi) is 5.43. The molecule has 1 atom stereocenters. The molecule has 0 spiro atoms. The van der Waals surface area contributed by atoms with Gasteiger partial charge in [0.1, 0.15) is 5.75 Å². The number of hydrogen-bond donors (Lipinski definition) is 2. The first kappa shape index (κ1) is 16.4. The van der Waals surface area contributed by atoms with Gasteiger partial charge in [0, 0.05) is 0 Å². The molecule has 1 aromatic carbocycles.